The zero-order valence-corrected chi connectivity index (χ0v) is 19.7. The van der Waals surface area contributed by atoms with E-state index >= 15 is 0 Å². The average molecular weight is 463 g/mol. The van der Waals surface area contributed by atoms with Gasteiger partial charge in [0.05, 0.1) is 23.8 Å². The van der Waals surface area contributed by atoms with Crippen LogP contribution in [0.5, 0.6) is 0 Å². The van der Waals surface area contributed by atoms with Gasteiger partial charge in [-0.25, -0.2) is 4.98 Å². The van der Waals surface area contributed by atoms with Gasteiger partial charge in [0.15, 0.2) is 5.82 Å². The second kappa shape index (κ2) is 9.00. The van der Waals surface area contributed by atoms with Crippen LogP contribution >= 0.6 is 0 Å². The van der Waals surface area contributed by atoms with Crippen molar-refractivity contribution < 1.29 is 9.59 Å². The van der Waals surface area contributed by atoms with Crippen LogP contribution in [0.2, 0.25) is 0 Å². The molecule has 0 unspecified atom stereocenters. The van der Waals surface area contributed by atoms with Crippen LogP contribution in [0.1, 0.15) is 54.5 Å². The maximum atomic E-state index is 13.5. The molecule has 0 aliphatic heterocycles. The van der Waals surface area contributed by atoms with Gasteiger partial charge in [-0.1, -0.05) is 0 Å². The third-order valence-corrected chi connectivity index (χ3v) is 6.82. The lowest BCUT2D eigenvalue weighted by molar-refractivity contribution is -0.119. The number of carbonyl (C=O) groups is 2. The lowest BCUT2D eigenvalue weighted by Crippen LogP contribution is -2.50. The van der Waals surface area contributed by atoms with Crippen LogP contribution < -0.4 is 10.6 Å². The zero-order chi connectivity index (χ0) is 23.8. The first kappa shape index (κ1) is 22.2. The zero-order valence-electron chi connectivity index (χ0n) is 19.7. The van der Waals surface area contributed by atoms with Crippen LogP contribution in [0.15, 0.2) is 24.7 Å². The molecule has 2 saturated carbocycles. The van der Waals surface area contributed by atoms with E-state index in [0.29, 0.717) is 35.6 Å². The van der Waals surface area contributed by atoms with Gasteiger partial charge >= 0.3 is 0 Å². The molecule has 3 heterocycles. The second-order valence-corrected chi connectivity index (χ2v) is 9.32. The molecule has 2 aliphatic rings. The largest absolute Gasteiger partial charge is 0.339 e. The number of aromatic nitrogens is 6. The Labute approximate surface area is 198 Å². The summed E-state index contributed by atoms with van der Waals surface area (Å²) in [5.41, 5.74) is 3.81. The fourth-order valence-electron chi connectivity index (χ4n) is 4.87. The van der Waals surface area contributed by atoms with Crippen LogP contribution in [0.25, 0.3) is 11.3 Å². The Morgan fingerprint density at radius 2 is 1.88 bits per heavy atom. The molecule has 10 heteroatoms. The van der Waals surface area contributed by atoms with Crippen molar-refractivity contribution in [2.24, 2.45) is 17.8 Å². The Hall–Kier alpha value is -3.56. The molecule has 3 aromatic rings. The number of aromatic amines is 1. The minimum absolute atomic E-state index is 0.130. The van der Waals surface area contributed by atoms with Gasteiger partial charge in [-0.05, 0) is 70.3 Å². The number of hydrogen-bond acceptors (Lipinski definition) is 6. The number of rotatable bonds is 9. The summed E-state index contributed by atoms with van der Waals surface area (Å²) < 4.78 is 1.64. The van der Waals surface area contributed by atoms with Crippen LogP contribution in [0, 0.1) is 31.6 Å². The molecule has 2 aliphatic carbocycles. The molecular formula is C24H30N8O2. The standard InChI is InChI=1S/C24H30N8O2/c1-4-32-18(9-10-27-32)23(33)29-22(21(15-5-6-15)16-7-8-16)24(34)28-19-12-25-17(11-26-19)20-13(2)30-31-14(20)3/h9-12,15-16,21-22H,4-8H2,1-3H3,(H,29,33)(H,30,31)(H,26,28,34)/t22-/m0/s1. The molecule has 0 saturated heterocycles. The number of anilines is 1. The van der Waals surface area contributed by atoms with Gasteiger partial charge in [0.25, 0.3) is 5.91 Å². The molecule has 1 atom stereocenters. The number of aryl methyl sites for hydroxylation is 3. The van der Waals surface area contributed by atoms with Crippen molar-refractivity contribution >= 4 is 17.6 Å². The molecule has 10 nitrogen and oxygen atoms in total. The van der Waals surface area contributed by atoms with Gasteiger partial charge < -0.3 is 10.6 Å². The first-order chi connectivity index (χ1) is 16.5. The van der Waals surface area contributed by atoms with Gasteiger partial charge in [0.2, 0.25) is 5.91 Å². The summed E-state index contributed by atoms with van der Waals surface area (Å²) >= 11 is 0. The van der Waals surface area contributed by atoms with E-state index in [1.165, 1.54) is 0 Å². The molecular weight excluding hydrogens is 432 g/mol. The lowest BCUT2D eigenvalue weighted by Gasteiger charge is -2.27. The quantitative estimate of drug-likeness (QED) is 0.448. The summed E-state index contributed by atoms with van der Waals surface area (Å²) in [6.45, 7) is 6.35. The highest BCUT2D eigenvalue weighted by atomic mass is 16.2. The number of H-pyrrole nitrogens is 1. The monoisotopic (exact) mass is 462 g/mol. The molecule has 2 fully saturated rings. The van der Waals surface area contributed by atoms with Crippen molar-refractivity contribution in [3.8, 4) is 11.3 Å². The minimum Gasteiger partial charge on any atom is -0.339 e. The summed E-state index contributed by atoms with van der Waals surface area (Å²) in [7, 11) is 0. The summed E-state index contributed by atoms with van der Waals surface area (Å²) in [5, 5.41) is 17.3. The summed E-state index contributed by atoms with van der Waals surface area (Å²) in [6.07, 6.45) is 9.20. The first-order valence-electron chi connectivity index (χ1n) is 11.9. The van der Waals surface area contributed by atoms with E-state index in [4.69, 9.17) is 0 Å². The first-order valence-corrected chi connectivity index (χ1v) is 11.9. The molecule has 34 heavy (non-hydrogen) atoms. The van der Waals surface area contributed by atoms with E-state index in [9.17, 15) is 9.59 Å². The van der Waals surface area contributed by atoms with Crippen molar-refractivity contribution in [3.05, 3.63) is 41.7 Å². The number of amides is 2. The topological polar surface area (TPSA) is 130 Å². The number of carbonyl (C=O) groups excluding carboxylic acids is 2. The normalized spacial score (nSPS) is 16.5. The van der Waals surface area contributed by atoms with E-state index in [1.54, 1.807) is 29.3 Å². The number of nitrogens with zero attached hydrogens (tertiary/aromatic N) is 5. The lowest BCUT2D eigenvalue weighted by atomic mass is 9.88. The Bertz CT molecular complexity index is 1160. The third kappa shape index (κ3) is 4.44. The maximum Gasteiger partial charge on any atom is 0.270 e. The van der Waals surface area contributed by atoms with Gasteiger partial charge in [-0.15, -0.1) is 0 Å². The molecule has 3 N–H and O–H groups in total. The van der Waals surface area contributed by atoms with Crippen molar-refractivity contribution in [2.45, 2.75) is 59.0 Å². The summed E-state index contributed by atoms with van der Waals surface area (Å²) in [5.74, 6) is 0.900. The number of nitrogens with one attached hydrogen (secondary N) is 3. The van der Waals surface area contributed by atoms with Crippen LogP contribution in [-0.2, 0) is 11.3 Å². The van der Waals surface area contributed by atoms with Gasteiger partial charge in [0, 0.05) is 24.0 Å². The van der Waals surface area contributed by atoms with Crippen LogP contribution in [-0.4, -0.2) is 47.8 Å². The molecule has 178 valence electrons. The van der Waals surface area contributed by atoms with Gasteiger partial charge in [-0.3, -0.25) is 24.4 Å². The van der Waals surface area contributed by atoms with Crippen LogP contribution in [0.4, 0.5) is 5.82 Å². The summed E-state index contributed by atoms with van der Waals surface area (Å²) in [6, 6.07) is 1.05. The molecule has 0 bridgehead atoms. The smallest absolute Gasteiger partial charge is 0.270 e. The SMILES string of the molecule is CCn1nccc1C(=O)N[C@H](C(=O)Nc1cnc(-c2c(C)n[nH]c2C)cn1)C(C1CC1)C1CC1. The Kier molecular flexibility index (Phi) is 5.89. The maximum absolute atomic E-state index is 13.5. The van der Waals surface area contributed by atoms with Crippen LogP contribution in [0.3, 0.4) is 0 Å². The van der Waals surface area contributed by atoms with Crippen molar-refractivity contribution in [3.63, 3.8) is 0 Å². The van der Waals surface area contributed by atoms with Gasteiger partial charge in [0.1, 0.15) is 11.7 Å². The Morgan fingerprint density at radius 1 is 1.15 bits per heavy atom. The Balaban J connectivity index is 1.35. The average Bonchev–Trinajstić information content (AvgIpc) is 3.76. The number of hydrogen-bond donors (Lipinski definition) is 3. The van der Waals surface area contributed by atoms with Crippen molar-refractivity contribution in [2.75, 3.05) is 5.32 Å². The second-order valence-electron chi connectivity index (χ2n) is 9.32. The highest BCUT2D eigenvalue weighted by molar-refractivity contribution is 6.00. The third-order valence-electron chi connectivity index (χ3n) is 6.82. The predicted molar refractivity (Wildman–Crippen MR) is 126 cm³/mol. The van der Waals surface area contributed by atoms with E-state index in [0.717, 1.165) is 42.6 Å². The highest BCUT2D eigenvalue weighted by Gasteiger charge is 2.48. The molecule has 0 radical (unpaired) electrons. The molecule has 0 aromatic carbocycles. The minimum atomic E-state index is -0.632. The molecule has 0 spiro atoms. The van der Waals surface area contributed by atoms with E-state index in [2.05, 4.69) is 35.9 Å². The predicted octanol–water partition coefficient (Wildman–Crippen LogP) is 2.87. The van der Waals surface area contributed by atoms with Crippen molar-refractivity contribution in [1.29, 1.82) is 0 Å². The Morgan fingerprint density at radius 3 is 2.44 bits per heavy atom. The van der Waals surface area contributed by atoms with Crippen molar-refractivity contribution in [1.82, 2.24) is 35.3 Å². The van der Waals surface area contributed by atoms with E-state index < -0.39 is 6.04 Å². The van der Waals surface area contributed by atoms with E-state index in [-0.39, 0.29) is 17.7 Å². The molecule has 3 aromatic heterocycles. The highest BCUT2D eigenvalue weighted by Crippen LogP contribution is 2.50. The van der Waals surface area contributed by atoms with E-state index in [1.807, 2.05) is 20.8 Å². The molecule has 2 amide bonds. The summed E-state index contributed by atoms with van der Waals surface area (Å²) in [4.78, 5) is 35.5. The fourth-order valence-corrected chi connectivity index (χ4v) is 4.87. The van der Waals surface area contributed by atoms with Gasteiger partial charge in [-0.2, -0.15) is 10.2 Å². The fraction of sp³-hybridized carbons (Fsp3) is 0.500. The molecule has 5 rings (SSSR count).